The summed E-state index contributed by atoms with van der Waals surface area (Å²) in [6, 6.07) is 6.42. The molecule has 3 aromatic rings. The summed E-state index contributed by atoms with van der Waals surface area (Å²) in [4.78, 5) is 22.6. The van der Waals surface area contributed by atoms with Gasteiger partial charge in [-0.3, -0.25) is 0 Å². The predicted molar refractivity (Wildman–Crippen MR) is 76.5 cm³/mol. The van der Waals surface area contributed by atoms with Gasteiger partial charge < -0.3 is 14.9 Å². The molecule has 0 unspecified atom stereocenters. The van der Waals surface area contributed by atoms with Crippen molar-refractivity contribution in [2.45, 2.75) is 6.92 Å². The lowest BCUT2D eigenvalue weighted by molar-refractivity contribution is 0.439. The minimum absolute atomic E-state index is 0.0400. The van der Waals surface area contributed by atoms with Crippen LogP contribution in [0.4, 0.5) is 5.95 Å². The summed E-state index contributed by atoms with van der Waals surface area (Å²) in [6.07, 6.45) is 0. The van der Waals surface area contributed by atoms with E-state index in [0.29, 0.717) is 11.3 Å². The minimum Gasteiger partial charge on any atom is -0.424 e. The highest BCUT2D eigenvalue weighted by Crippen LogP contribution is 2.25. The van der Waals surface area contributed by atoms with E-state index in [1.165, 1.54) is 6.07 Å². The van der Waals surface area contributed by atoms with Crippen molar-refractivity contribution in [2.75, 3.05) is 5.73 Å². The number of nitrogens with two attached hydrogens (primary N) is 1. The largest absolute Gasteiger partial charge is 0.424 e. The van der Waals surface area contributed by atoms with Crippen molar-refractivity contribution in [3.63, 3.8) is 0 Å². The number of fused-ring (bicyclic) bond motifs is 1. The van der Waals surface area contributed by atoms with Gasteiger partial charge in [0.25, 0.3) is 0 Å². The fourth-order valence-corrected chi connectivity index (χ4v) is 2.03. The summed E-state index contributed by atoms with van der Waals surface area (Å²) in [5, 5.41) is 0.746. The Labute approximate surface area is 123 Å². The number of hydrogen-bond donors (Lipinski definition) is 1. The average Bonchev–Trinajstić information content (AvgIpc) is 2.36. The summed E-state index contributed by atoms with van der Waals surface area (Å²) in [6.45, 7) is 1.83. The number of ether oxygens (including phenoxy) is 1. The molecule has 0 aliphatic carbocycles. The molecule has 2 heterocycles. The van der Waals surface area contributed by atoms with Crippen LogP contribution in [-0.4, -0.2) is 15.0 Å². The van der Waals surface area contributed by atoms with Crippen molar-refractivity contribution in [3.8, 4) is 11.8 Å². The van der Waals surface area contributed by atoms with Crippen molar-refractivity contribution in [1.29, 1.82) is 0 Å². The lowest BCUT2D eigenvalue weighted by Crippen LogP contribution is -2.01. The summed E-state index contributed by atoms with van der Waals surface area (Å²) in [5.41, 5.74) is 6.26. The van der Waals surface area contributed by atoms with Gasteiger partial charge in [0.05, 0.1) is 0 Å². The summed E-state index contributed by atoms with van der Waals surface area (Å²) >= 11 is 5.67. The molecule has 8 heteroatoms. The van der Waals surface area contributed by atoms with Gasteiger partial charge in [0.15, 0.2) is 0 Å². The summed E-state index contributed by atoms with van der Waals surface area (Å²) < 4.78 is 10.6. The third-order valence-electron chi connectivity index (χ3n) is 2.74. The minimum atomic E-state index is -0.426. The first-order valence-corrected chi connectivity index (χ1v) is 6.28. The van der Waals surface area contributed by atoms with Gasteiger partial charge in [-0.25, -0.2) is 4.79 Å². The van der Waals surface area contributed by atoms with Gasteiger partial charge in [0.2, 0.25) is 11.2 Å². The monoisotopic (exact) mass is 304 g/mol. The first-order chi connectivity index (χ1) is 10.0. The number of nitrogen functional groups attached to an aromatic ring is 1. The molecule has 0 bridgehead atoms. The molecule has 1 aromatic carbocycles. The van der Waals surface area contributed by atoms with Crippen LogP contribution in [0.25, 0.3) is 11.0 Å². The van der Waals surface area contributed by atoms with Crippen LogP contribution in [0.2, 0.25) is 5.28 Å². The molecule has 0 atom stereocenters. The Kier molecular flexibility index (Phi) is 3.19. The summed E-state index contributed by atoms with van der Waals surface area (Å²) in [7, 11) is 0. The first-order valence-electron chi connectivity index (χ1n) is 5.91. The molecule has 2 N–H and O–H groups in total. The fraction of sp³-hybridized carbons (Fsp3) is 0.0769. The molecule has 0 radical (unpaired) electrons. The Morgan fingerprint density at radius 3 is 2.81 bits per heavy atom. The van der Waals surface area contributed by atoms with Crippen LogP contribution in [0, 0.1) is 6.92 Å². The van der Waals surface area contributed by atoms with Gasteiger partial charge in [-0.2, -0.15) is 15.0 Å². The van der Waals surface area contributed by atoms with E-state index in [1.54, 1.807) is 18.2 Å². The maximum Gasteiger partial charge on any atom is 0.336 e. The summed E-state index contributed by atoms with van der Waals surface area (Å²) in [5.74, 6) is 0.339. The van der Waals surface area contributed by atoms with Gasteiger partial charge in [-0.1, -0.05) is 0 Å². The Hall–Kier alpha value is -2.67. The van der Waals surface area contributed by atoms with Crippen LogP contribution in [0.5, 0.6) is 11.8 Å². The number of nitrogens with zero attached hydrogens (tertiary/aromatic N) is 3. The van der Waals surface area contributed by atoms with Crippen molar-refractivity contribution >= 4 is 28.5 Å². The van der Waals surface area contributed by atoms with Crippen LogP contribution in [0.1, 0.15) is 5.56 Å². The van der Waals surface area contributed by atoms with E-state index in [2.05, 4.69) is 15.0 Å². The van der Waals surface area contributed by atoms with Crippen LogP contribution in [0.3, 0.4) is 0 Å². The van der Waals surface area contributed by atoms with Gasteiger partial charge in [-0.15, -0.1) is 0 Å². The molecule has 106 valence electrons. The Bertz CT molecular complexity index is 874. The lowest BCUT2D eigenvalue weighted by Gasteiger charge is -2.06. The van der Waals surface area contributed by atoms with Gasteiger partial charge in [0, 0.05) is 17.5 Å². The van der Waals surface area contributed by atoms with E-state index < -0.39 is 5.63 Å². The van der Waals surface area contributed by atoms with E-state index in [0.717, 1.165) is 10.9 Å². The molecule has 0 spiro atoms. The number of rotatable bonds is 2. The topological polar surface area (TPSA) is 104 Å². The van der Waals surface area contributed by atoms with E-state index in [1.807, 2.05) is 6.92 Å². The second-order valence-electron chi connectivity index (χ2n) is 4.25. The quantitative estimate of drug-likeness (QED) is 0.724. The van der Waals surface area contributed by atoms with Gasteiger partial charge in [0.1, 0.15) is 11.3 Å². The zero-order chi connectivity index (χ0) is 15.0. The molecule has 2 aromatic heterocycles. The van der Waals surface area contributed by atoms with Crippen molar-refractivity contribution in [2.24, 2.45) is 0 Å². The molecule has 0 aliphatic heterocycles. The molecule has 7 nitrogen and oxygen atoms in total. The number of benzene rings is 1. The normalized spacial score (nSPS) is 10.8. The molecular formula is C13H9ClN4O3. The van der Waals surface area contributed by atoms with Crippen LogP contribution in [-0.2, 0) is 0 Å². The Balaban J connectivity index is 2.03. The van der Waals surface area contributed by atoms with Crippen LogP contribution < -0.4 is 16.1 Å². The Morgan fingerprint density at radius 1 is 1.24 bits per heavy atom. The number of hydrogen-bond acceptors (Lipinski definition) is 7. The zero-order valence-corrected chi connectivity index (χ0v) is 11.6. The molecular weight excluding hydrogens is 296 g/mol. The van der Waals surface area contributed by atoms with E-state index in [4.69, 9.17) is 26.5 Å². The first kappa shape index (κ1) is 13.3. The number of aromatic nitrogens is 3. The molecule has 0 fully saturated rings. The van der Waals surface area contributed by atoms with Gasteiger partial charge in [-0.05, 0) is 36.2 Å². The average molecular weight is 305 g/mol. The molecule has 0 amide bonds. The maximum absolute atomic E-state index is 11.4. The number of halogens is 1. The SMILES string of the molecule is Cc1cc(=O)oc2cc(Oc3nc(N)nc(Cl)n3)ccc12. The van der Waals surface area contributed by atoms with E-state index >= 15 is 0 Å². The van der Waals surface area contributed by atoms with Crippen molar-refractivity contribution in [3.05, 3.63) is 45.5 Å². The molecule has 0 saturated carbocycles. The molecule has 0 saturated heterocycles. The molecule has 0 aliphatic rings. The van der Waals surface area contributed by atoms with Crippen LogP contribution in [0.15, 0.2) is 33.5 Å². The smallest absolute Gasteiger partial charge is 0.336 e. The van der Waals surface area contributed by atoms with E-state index in [-0.39, 0.29) is 17.2 Å². The highest BCUT2D eigenvalue weighted by molar-refractivity contribution is 6.28. The van der Waals surface area contributed by atoms with Crippen molar-refractivity contribution < 1.29 is 9.15 Å². The third kappa shape index (κ3) is 2.77. The van der Waals surface area contributed by atoms with E-state index in [9.17, 15) is 4.79 Å². The van der Waals surface area contributed by atoms with Crippen molar-refractivity contribution in [1.82, 2.24) is 15.0 Å². The molecule has 3 rings (SSSR count). The number of aryl methyl sites for hydroxylation is 1. The standard InChI is InChI=1S/C13H9ClN4O3/c1-6-4-10(19)21-9-5-7(2-3-8(6)9)20-13-17-11(14)16-12(15)18-13/h2-5H,1H3,(H2,15,16,17,18). The molecule has 21 heavy (non-hydrogen) atoms. The highest BCUT2D eigenvalue weighted by Gasteiger charge is 2.08. The number of anilines is 1. The van der Waals surface area contributed by atoms with Crippen LogP contribution >= 0.6 is 11.6 Å². The fourth-order valence-electron chi connectivity index (χ4n) is 1.87. The maximum atomic E-state index is 11.4. The van der Waals surface area contributed by atoms with Gasteiger partial charge >= 0.3 is 11.6 Å². The third-order valence-corrected chi connectivity index (χ3v) is 2.91. The predicted octanol–water partition coefficient (Wildman–Crippen LogP) is 2.31. The second-order valence-corrected chi connectivity index (χ2v) is 4.59. The highest BCUT2D eigenvalue weighted by atomic mass is 35.5. The zero-order valence-electron chi connectivity index (χ0n) is 10.8. The lowest BCUT2D eigenvalue weighted by atomic mass is 10.1. The Morgan fingerprint density at radius 2 is 2.05 bits per heavy atom. The second kappa shape index (κ2) is 5.02.